The SMILES string of the molecule is Cc1cc(CNC(CC(C)C)CC(C)C)cc(C)c1F. The lowest BCUT2D eigenvalue weighted by molar-refractivity contribution is 0.358. The molecule has 0 spiro atoms. The summed E-state index contributed by atoms with van der Waals surface area (Å²) in [5.41, 5.74) is 2.66. The van der Waals surface area contributed by atoms with Gasteiger partial charge in [0.25, 0.3) is 0 Å². The van der Waals surface area contributed by atoms with Crippen molar-refractivity contribution in [2.45, 2.75) is 67.0 Å². The molecule has 114 valence electrons. The van der Waals surface area contributed by atoms with Crippen molar-refractivity contribution in [2.24, 2.45) is 11.8 Å². The highest BCUT2D eigenvalue weighted by Gasteiger charge is 2.13. The van der Waals surface area contributed by atoms with Gasteiger partial charge in [0.1, 0.15) is 5.82 Å². The summed E-state index contributed by atoms with van der Waals surface area (Å²) in [7, 11) is 0. The van der Waals surface area contributed by atoms with Crippen LogP contribution in [0.3, 0.4) is 0 Å². The minimum atomic E-state index is -0.0744. The van der Waals surface area contributed by atoms with Crippen LogP contribution >= 0.6 is 0 Å². The summed E-state index contributed by atoms with van der Waals surface area (Å²) in [4.78, 5) is 0. The smallest absolute Gasteiger partial charge is 0.129 e. The summed E-state index contributed by atoms with van der Waals surface area (Å²) in [6, 6.07) is 4.45. The van der Waals surface area contributed by atoms with Crippen LogP contribution in [0.5, 0.6) is 0 Å². The Morgan fingerprint density at radius 1 is 0.950 bits per heavy atom. The third-order valence-electron chi connectivity index (χ3n) is 3.60. The number of halogens is 1. The van der Waals surface area contributed by atoms with Crippen molar-refractivity contribution >= 4 is 0 Å². The fourth-order valence-corrected chi connectivity index (χ4v) is 2.80. The molecule has 0 saturated heterocycles. The van der Waals surface area contributed by atoms with Crippen molar-refractivity contribution in [1.82, 2.24) is 5.32 Å². The number of hydrogen-bond acceptors (Lipinski definition) is 1. The number of hydrogen-bond donors (Lipinski definition) is 1. The second-order valence-corrected chi connectivity index (χ2v) is 6.88. The topological polar surface area (TPSA) is 12.0 Å². The maximum Gasteiger partial charge on any atom is 0.129 e. The number of benzene rings is 1. The molecule has 0 unspecified atom stereocenters. The molecule has 20 heavy (non-hydrogen) atoms. The van der Waals surface area contributed by atoms with Crippen LogP contribution in [0.4, 0.5) is 4.39 Å². The van der Waals surface area contributed by atoms with E-state index in [9.17, 15) is 4.39 Å². The first-order chi connectivity index (χ1) is 9.29. The zero-order valence-electron chi connectivity index (χ0n) is 13.9. The molecule has 1 rings (SSSR count). The highest BCUT2D eigenvalue weighted by Crippen LogP contribution is 2.17. The van der Waals surface area contributed by atoms with Crippen LogP contribution in [0.25, 0.3) is 0 Å². The van der Waals surface area contributed by atoms with Gasteiger partial charge < -0.3 is 5.32 Å². The molecule has 0 saturated carbocycles. The van der Waals surface area contributed by atoms with Crippen molar-refractivity contribution in [3.05, 3.63) is 34.6 Å². The number of nitrogens with one attached hydrogen (secondary N) is 1. The maximum absolute atomic E-state index is 13.6. The summed E-state index contributed by atoms with van der Waals surface area (Å²) in [6.07, 6.45) is 2.38. The quantitative estimate of drug-likeness (QED) is 0.741. The van der Waals surface area contributed by atoms with Gasteiger partial charge in [0.15, 0.2) is 0 Å². The minimum Gasteiger partial charge on any atom is -0.310 e. The van der Waals surface area contributed by atoms with Crippen LogP contribution in [-0.4, -0.2) is 6.04 Å². The Kier molecular flexibility index (Phi) is 6.67. The third kappa shape index (κ3) is 5.62. The fourth-order valence-electron chi connectivity index (χ4n) is 2.80. The second kappa shape index (κ2) is 7.78. The Balaban J connectivity index is 2.66. The zero-order chi connectivity index (χ0) is 15.3. The fraction of sp³-hybridized carbons (Fsp3) is 0.667. The Labute approximate surface area is 124 Å². The Hall–Kier alpha value is -0.890. The van der Waals surface area contributed by atoms with E-state index in [1.807, 2.05) is 26.0 Å². The van der Waals surface area contributed by atoms with Crippen LogP contribution in [0.1, 0.15) is 57.2 Å². The average Bonchev–Trinajstić information content (AvgIpc) is 2.31. The first-order valence-corrected chi connectivity index (χ1v) is 7.78. The lowest BCUT2D eigenvalue weighted by Gasteiger charge is -2.23. The van der Waals surface area contributed by atoms with Gasteiger partial charge in [0, 0.05) is 12.6 Å². The Morgan fingerprint density at radius 3 is 1.80 bits per heavy atom. The van der Waals surface area contributed by atoms with Gasteiger partial charge in [-0.25, -0.2) is 4.39 Å². The molecule has 0 aliphatic rings. The van der Waals surface area contributed by atoms with E-state index in [2.05, 4.69) is 33.0 Å². The first kappa shape index (κ1) is 17.2. The van der Waals surface area contributed by atoms with Gasteiger partial charge in [-0.15, -0.1) is 0 Å². The van der Waals surface area contributed by atoms with Crippen molar-refractivity contribution in [3.63, 3.8) is 0 Å². The molecule has 1 aromatic carbocycles. The van der Waals surface area contributed by atoms with Crippen molar-refractivity contribution < 1.29 is 4.39 Å². The Morgan fingerprint density at radius 2 is 1.40 bits per heavy atom. The van der Waals surface area contributed by atoms with E-state index in [0.29, 0.717) is 17.9 Å². The molecule has 1 nitrogen and oxygen atoms in total. The second-order valence-electron chi connectivity index (χ2n) is 6.88. The van der Waals surface area contributed by atoms with Crippen molar-refractivity contribution in [1.29, 1.82) is 0 Å². The van der Waals surface area contributed by atoms with Crippen LogP contribution in [-0.2, 0) is 6.54 Å². The van der Waals surface area contributed by atoms with Crippen molar-refractivity contribution in [3.8, 4) is 0 Å². The highest BCUT2D eigenvalue weighted by atomic mass is 19.1. The molecule has 0 bridgehead atoms. The van der Waals surface area contributed by atoms with Gasteiger partial charge in [-0.3, -0.25) is 0 Å². The molecule has 0 atom stereocenters. The molecule has 1 aromatic rings. The average molecular weight is 279 g/mol. The van der Waals surface area contributed by atoms with E-state index in [0.717, 1.165) is 17.7 Å². The van der Waals surface area contributed by atoms with E-state index in [-0.39, 0.29) is 5.82 Å². The van der Waals surface area contributed by atoms with E-state index in [1.54, 1.807) is 0 Å². The lowest BCUT2D eigenvalue weighted by Crippen LogP contribution is -2.31. The highest BCUT2D eigenvalue weighted by molar-refractivity contribution is 5.30. The molecule has 0 aliphatic carbocycles. The van der Waals surface area contributed by atoms with Gasteiger partial charge in [0.05, 0.1) is 0 Å². The van der Waals surface area contributed by atoms with Crippen LogP contribution in [0.15, 0.2) is 12.1 Å². The van der Waals surface area contributed by atoms with E-state index in [4.69, 9.17) is 0 Å². The summed E-state index contributed by atoms with van der Waals surface area (Å²) in [5.74, 6) is 1.32. The molecule has 0 heterocycles. The predicted octanol–water partition coefficient (Wildman–Crippen LogP) is 4.99. The summed E-state index contributed by atoms with van der Waals surface area (Å²) in [5, 5.41) is 3.65. The summed E-state index contributed by atoms with van der Waals surface area (Å²) in [6.45, 7) is 13.6. The molecular weight excluding hydrogens is 249 g/mol. The normalized spacial score (nSPS) is 11.9. The molecular formula is C18H30FN. The summed E-state index contributed by atoms with van der Waals surface area (Å²) < 4.78 is 13.6. The van der Waals surface area contributed by atoms with Crippen molar-refractivity contribution in [2.75, 3.05) is 0 Å². The van der Waals surface area contributed by atoms with E-state index in [1.165, 1.54) is 18.4 Å². The summed E-state index contributed by atoms with van der Waals surface area (Å²) >= 11 is 0. The lowest BCUT2D eigenvalue weighted by atomic mass is 9.95. The molecule has 0 radical (unpaired) electrons. The van der Waals surface area contributed by atoms with Crippen LogP contribution in [0.2, 0.25) is 0 Å². The predicted molar refractivity (Wildman–Crippen MR) is 85.4 cm³/mol. The number of aryl methyl sites for hydroxylation is 2. The largest absolute Gasteiger partial charge is 0.310 e. The zero-order valence-corrected chi connectivity index (χ0v) is 13.9. The van der Waals surface area contributed by atoms with Gasteiger partial charge >= 0.3 is 0 Å². The minimum absolute atomic E-state index is 0.0744. The van der Waals surface area contributed by atoms with Gasteiger partial charge in [0.2, 0.25) is 0 Å². The molecule has 0 fully saturated rings. The standard InChI is InChI=1S/C18H30FN/c1-12(2)7-17(8-13(3)4)20-11-16-9-14(5)18(19)15(6)10-16/h9-10,12-13,17,20H,7-8,11H2,1-6H3. The maximum atomic E-state index is 13.6. The molecule has 1 N–H and O–H groups in total. The van der Waals surface area contributed by atoms with Crippen LogP contribution in [0, 0.1) is 31.5 Å². The number of rotatable bonds is 7. The van der Waals surface area contributed by atoms with E-state index < -0.39 is 0 Å². The molecule has 0 aromatic heterocycles. The first-order valence-electron chi connectivity index (χ1n) is 7.78. The monoisotopic (exact) mass is 279 g/mol. The van der Waals surface area contributed by atoms with E-state index >= 15 is 0 Å². The molecule has 0 aliphatic heterocycles. The molecule has 0 amide bonds. The van der Waals surface area contributed by atoms with Gasteiger partial charge in [-0.2, -0.15) is 0 Å². The molecule has 2 heteroatoms. The van der Waals surface area contributed by atoms with Crippen LogP contribution < -0.4 is 5.32 Å². The third-order valence-corrected chi connectivity index (χ3v) is 3.60. The van der Waals surface area contributed by atoms with Gasteiger partial charge in [-0.05, 0) is 55.2 Å². The van der Waals surface area contributed by atoms with Gasteiger partial charge in [-0.1, -0.05) is 39.8 Å². The Bertz CT molecular complexity index is 390.